The molecule has 0 aromatic heterocycles. The molecule has 12 heteroatoms. The van der Waals surface area contributed by atoms with Crippen molar-refractivity contribution in [3.8, 4) is 5.75 Å². The quantitative estimate of drug-likeness (QED) is 0.111. The number of hydrogen-bond acceptors (Lipinski definition) is 5. The first-order valence-electron chi connectivity index (χ1n) is 13.6. The largest absolute Gasteiger partial charge is 0.487 e. The van der Waals surface area contributed by atoms with Crippen LogP contribution in [-0.4, -0.2) is 30.4 Å². The second kappa shape index (κ2) is 13.5. The van der Waals surface area contributed by atoms with Crippen molar-refractivity contribution < 1.29 is 27.5 Å². The van der Waals surface area contributed by atoms with E-state index in [0.29, 0.717) is 32.5 Å². The number of anilines is 1. The van der Waals surface area contributed by atoms with E-state index in [1.165, 1.54) is 42.0 Å². The maximum atomic E-state index is 13.5. The van der Waals surface area contributed by atoms with Crippen LogP contribution in [0, 0.1) is 0 Å². The highest BCUT2D eigenvalue weighted by Crippen LogP contribution is 2.61. The van der Waals surface area contributed by atoms with Crippen LogP contribution in [0.5, 0.6) is 5.75 Å². The third kappa shape index (κ3) is 7.41. The summed E-state index contributed by atoms with van der Waals surface area (Å²) < 4.78 is 43.4. The number of fused-ring (bicyclic) bond motifs is 1. The topological polar surface area (TPSA) is 61.9 Å². The van der Waals surface area contributed by atoms with E-state index < -0.39 is 34.4 Å². The number of hydrogen-bond donors (Lipinski definition) is 1. The van der Waals surface area contributed by atoms with Crippen LogP contribution < -0.4 is 15.1 Å². The lowest BCUT2D eigenvalue weighted by atomic mass is 10.1. The van der Waals surface area contributed by atoms with E-state index >= 15 is 0 Å². The first kappa shape index (κ1) is 32.3. The minimum Gasteiger partial charge on any atom is -0.487 e. The summed E-state index contributed by atoms with van der Waals surface area (Å²) in [5.74, 6) is -0.688. The van der Waals surface area contributed by atoms with Crippen molar-refractivity contribution >= 4 is 58.5 Å². The standard InChI is InChI=1S/C33H26Cl2F3N3O3S/c1-40(30(43)20-39-29(42)17-14-22-12-15-25(16-13-22)33(36,37)38)41-31-27(44-21-23-8-4-2-5-9-23)18-26(34)19-28(31)45-32(41,35)24-10-6-3-7-11-24/h2-19H,20-21H2,1H3,(H,39,42). The van der Waals surface area contributed by atoms with Crippen LogP contribution in [0.3, 0.4) is 0 Å². The van der Waals surface area contributed by atoms with Crippen LogP contribution in [0.1, 0.15) is 22.3 Å². The average Bonchev–Trinajstić information content (AvgIpc) is 3.34. The maximum Gasteiger partial charge on any atom is 0.416 e. The van der Waals surface area contributed by atoms with Crippen molar-refractivity contribution in [3.05, 3.63) is 130 Å². The molecule has 4 aromatic carbocycles. The number of carbonyl (C=O) groups is 2. The number of ether oxygens (including phenoxy) is 1. The van der Waals surface area contributed by atoms with Crippen LogP contribution in [0.2, 0.25) is 5.02 Å². The number of alkyl halides is 4. The highest BCUT2D eigenvalue weighted by molar-refractivity contribution is 8.02. The lowest BCUT2D eigenvalue weighted by Gasteiger charge is -2.40. The number of nitrogens with one attached hydrogen (secondary N) is 1. The molecular formula is C33H26Cl2F3N3O3S. The Morgan fingerprint density at radius 2 is 1.64 bits per heavy atom. The number of hydrazine groups is 1. The molecule has 0 fully saturated rings. The molecule has 1 heterocycles. The van der Waals surface area contributed by atoms with Crippen LogP contribution in [0.4, 0.5) is 18.9 Å². The molecule has 5 rings (SSSR count). The number of halogens is 5. The summed E-state index contributed by atoms with van der Waals surface area (Å²) in [5.41, 5.74) is 1.76. The summed E-state index contributed by atoms with van der Waals surface area (Å²) in [6.45, 7) is -0.148. The first-order chi connectivity index (χ1) is 21.5. The van der Waals surface area contributed by atoms with Crippen molar-refractivity contribution in [3.63, 3.8) is 0 Å². The van der Waals surface area contributed by atoms with Gasteiger partial charge in [-0.1, -0.05) is 108 Å². The summed E-state index contributed by atoms with van der Waals surface area (Å²) in [7, 11) is 1.54. The fourth-order valence-electron chi connectivity index (χ4n) is 4.59. The van der Waals surface area contributed by atoms with Gasteiger partial charge in [-0.3, -0.25) is 14.6 Å². The second-order valence-electron chi connectivity index (χ2n) is 9.95. The van der Waals surface area contributed by atoms with E-state index in [1.54, 1.807) is 17.1 Å². The normalized spacial score (nSPS) is 16.0. The average molecular weight is 673 g/mol. The van der Waals surface area contributed by atoms with Gasteiger partial charge in [0.05, 0.1) is 12.1 Å². The lowest BCUT2D eigenvalue weighted by Crippen LogP contribution is -2.53. The molecule has 4 aromatic rings. The highest BCUT2D eigenvalue weighted by Gasteiger charge is 2.50. The lowest BCUT2D eigenvalue weighted by molar-refractivity contribution is -0.137. The van der Waals surface area contributed by atoms with Gasteiger partial charge in [-0.05, 0) is 35.4 Å². The third-order valence-electron chi connectivity index (χ3n) is 6.84. The molecule has 0 aliphatic carbocycles. The Morgan fingerprint density at radius 3 is 2.29 bits per heavy atom. The summed E-state index contributed by atoms with van der Waals surface area (Å²) in [4.78, 5) is 26.7. The molecule has 0 bridgehead atoms. The number of amides is 2. The Hall–Kier alpha value is -4.12. The Bertz CT molecular complexity index is 1710. The van der Waals surface area contributed by atoms with Gasteiger partial charge in [0.1, 0.15) is 18.0 Å². The fourth-order valence-corrected chi connectivity index (χ4v) is 6.75. The van der Waals surface area contributed by atoms with Crippen molar-refractivity contribution in [2.45, 2.75) is 22.0 Å². The minimum absolute atomic E-state index is 0.242. The van der Waals surface area contributed by atoms with Crippen LogP contribution in [0.25, 0.3) is 6.08 Å². The van der Waals surface area contributed by atoms with E-state index in [-0.39, 0.29) is 6.61 Å². The Balaban J connectivity index is 1.37. The zero-order chi connectivity index (χ0) is 32.2. The number of likely N-dealkylation sites (N-methyl/N-ethyl adjacent to an activating group) is 1. The van der Waals surface area contributed by atoms with Crippen LogP contribution in [0.15, 0.2) is 108 Å². The molecule has 6 nitrogen and oxygen atoms in total. The van der Waals surface area contributed by atoms with Crippen molar-refractivity contribution in [2.24, 2.45) is 0 Å². The van der Waals surface area contributed by atoms with Crippen LogP contribution >= 0.6 is 35.0 Å². The first-order valence-corrected chi connectivity index (χ1v) is 15.2. The number of benzene rings is 4. The Morgan fingerprint density at radius 1 is 1.00 bits per heavy atom. The predicted octanol–water partition coefficient (Wildman–Crippen LogP) is 8.10. The van der Waals surface area contributed by atoms with Gasteiger partial charge in [0.15, 0.2) is 0 Å². The van der Waals surface area contributed by atoms with Gasteiger partial charge in [0.25, 0.3) is 5.91 Å². The van der Waals surface area contributed by atoms with Gasteiger partial charge < -0.3 is 10.1 Å². The molecule has 2 amide bonds. The second-order valence-corrected chi connectivity index (χ2v) is 12.4. The van der Waals surface area contributed by atoms with E-state index in [0.717, 1.165) is 23.8 Å². The zero-order valence-corrected chi connectivity index (χ0v) is 26.1. The molecule has 45 heavy (non-hydrogen) atoms. The van der Waals surface area contributed by atoms with Gasteiger partial charge in [-0.15, -0.1) is 0 Å². The maximum absolute atomic E-state index is 13.5. The molecule has 0 spiro atoms. The van der Waals surface area contributed by atoms with Gasteiger partial charge in [-0.25, -0.2) is 5.01 Å². The Labute approximate surface area is 272 Å². The van der Waals surface area contributed by atoms with E-state index in [4.69, 9.17) is 27.9 Å². The smallest absolute Gasteiger partial charge is 0.416 e. The molecule has 1 aliphatic heterocycles. The molecule has 1 unspecified atom stereocenters. The van der Waals surface area contributed by atoms with Gasteiger partial charge >= 0.3 is 6.18 Å². The fraction of sp³-hybridized carbons (Fsp3) is 0.152. The Kier molecular flexibility index (Phi) is 9.67. The van der Waals surface area contributed by atoms with Gasteiger partial charge in [-0.2, -0.15) is 13.2 Å². The summed E-state index contributed by atoms with van der Waals surface area (Å²) in [6, 6.07) is 26.6. The highest BCUT2D eigenvalue weighted by atomic mass is 35.5. The molecule has 1 N–H and O–H groups in total. The zero-order valence-electron chi connectivity index (χ0n) is 23.7. The van der Waals surface area contributed by atoms with E-state index in [9.17, 15) is 22.8 Å². The summed E-state index contributed by atoms with van der Waals surface area (Å²) >= 11 is 15.1. The third-order valence-corrected chi connectivity index (χ3v) is 8.88. The van der Waals surface area contributed by atoms with Crippen molar-refractivity contribution in [1.82, 2.24) is 10.3 Å². The molecule has 0 saturated heterocycles. The summed E-state index contributed by atoms with van der Waals surface area (Å²) in [6.07, 6.45) is -1.96. The van der Waals surface area contributed by atoms with Gasteiger partial charge in [0, 0.05) is 34.7 Å². The van der Waals surface area contributed by atoms with E-state index in [2.05, 4.69) is 5.32 Å². The molecule has 232 valence electrons. The van der Waals surface area contributed by atoms with Crippen molar-refractivity contribution in [1.29, 1.82) is 0 Å². The molecule has 0 saturated carbocycles. The van der Waals surface area contributed by atoms with Crippen molar-refractivity contribution in [2.75, 3.05) is 18.6 Å². The molecule has 0 radical (unpaired) electrons. The SMILES string of the molecule is CN(C(=O)CNC(=O)C=Cc1ccc(C(F)(F)F)cc1)N1c2c(OCc3ccccc3)cc(Cl)cc2SC1(Cl)c1ccccc1. The number of nitrogens with zero attached hydrogens (tertiary/aromatic N) is 2. The number of rotatable bonds is 9. The molecular weight excluding hydrogens is 646 g/mol. The number of carbonyl (C=O) groups excluding carboxylic acids is 2. The summed E-state index contributed by atoms with van der Waals surface area (Å²) in [5, 5.41) is 5.90. The predicted molar refractivity (Wildman–Crippen MR) is 171 cm³/mol. The molecule has 1 atom stereocenters. The molecule has 1 aliphatic rings. The van der Waals surface area contributed by atoms with Gasteiger partial charge in [0.2, 0.25) is 10.2 Å². The monoisotopic (exact) mass is 671 g/mol. The number of thioether (sulfide) groups is 1. The minimum atomic E-state index is -4.46. The van der Waals surface area contributed by atoms with Crippen LogP contribution in [-0.2, 0) is 26.7 Å². The van der Waals surface area contributed by atoms with E-state index in [1.807, 2.05) is 60.7 Å².